The maximum absolute atomic E-state index is 10.8. The van der Waals surface area contributed by atoms with Gasteiger partial charge in [0.2, 0.25) is 0 Å². The fraction of sp³-hybridized carbons (Fsp3) is 0.273. The van der Waals surface area contributed by atoms with Crippen LogP contribution in [0.25, 0.3) is 0 Å². The summed E-state index contributed by atoms with van der Waals surface area (Å²) in [5.74, 6) is 0.171. The minimum atomic E-state index is -0.511. The van der Waals surface area contributed by atoms with Crippen LogP contribution in [0.5, 0.6) is 5.75 Å². The van der Waals surface area contributed by atoms with Gasteiger partial charge in [-0.05, 0) is 24.6 Å². The first-order valence-corrected chi connectivity index (χ1v) is 4.57. The first-order chi connectivity index (χ1) is 7.08. The Balaban J connectivity index is 2.56. The molecule has 0 fully saturated rings. The molecule has 80 valence electrons. The molecule has 0 saturated heterocycles. The van der Waals surface area contributed by atoms with Crippen molar-refractivity contribution in [3.05, 3.63) is 29.8 Å². The Morgan fingerprint density at radius 1 is 1.27 bits per heavy atom. The van der Waals surface area contributed by atoms with Crippen LogP contribution in [-0.4, -0.2) is 18.3 Å². The van der Waals surface area contributed by atoms with Gasteiger partial charge in [-0.2, -0.15) is 0 Å². The lowest BCUT2D eigenvalue weighted by Gasteiger charge is -2.04. The molecule has 1 amide bonds. The van der Waals surface area contributed by atoms with Crippen LogP contribution >= 0.6 is 0 Å². The zero-order chi connectivity index (χ0) is 11.3. The van der Waals surface area contributed by atoms with Crippen LogP contribution in [0, 0.1) is 0 Å². The number of primary amides is 1. The summed E-state index contributed by atoms with van der Waals surface area (Å²) in [5, 5.41) is 0. The van der Waals surface area contributed by atoms with Crippen LogP contribution in [0.15, 0.2) is 24.3 Å². The number of Topliss-reactive ketones (excluding diaryl/α,β-unsaturated/α-hetero) is 1. The monoisotopic (exact) mass is 207 g/mol. The molecule has 0 aliphatic heterocycles. The summed E-state index contributed by atoms with van der Waals surface area (Å²) in [5.41, 5.74) is 5.85. The summed E-state index contributed by atoms with van der Waals surface area (Å²) in [6, 6.07) is 7.00. The lowest BCUT2D eigenvalue weighted by Crippen LogP contribution is -2.19. The van der Waals surface area contributed by atoms with Gasteiger partial charge in [0.15, 0.2) is 6.61 Å². The SMILES string of the molecule is CC(=O)Cc1ccc(OCC(N)=O)cc1. The molecule has 1 aromatic carbocycles. The molecule has 0 saturated carbocycles. The molecule has 0 unspecified atom stereocenters. The normalized spacial score (nSPS) is 9.67. The van der Waals surface area contributed by atoms with E-state index in [1.807, 2.05) is 0 Å². The van der Waals surface area contributed by atoms with Crippen molar-refractivity contribution < 1.29 is 14.3 Å². The van der Waals surface area contributed by atoms with Gasteiger partial charge < -0.3 is 10.5 Å². The number of ether oxygens (including phenoxy) is 1. The van der Waals surface area contributed by atoms with Crippen molar-refractivity contribution in [2.24, 2.45) is 5.73 Å². The quantitative estimate of drug-likeness (QED) is 0.772. The van der Waals surface area contributed by atoms with E-state index in [-0.39, 0.29) is 12.4 Å². The van der Waals surface area contributed by atoms with E-state index in [4.69, 9.17) is 10.5 Å². The van der Waals surface area contributed by atoms with E-state index in [2.05, 4.69) is 0 Å². The molecule has 0 radical (unpaired) electrons. The molecular weight excluding hydrogens is 194 g/mol. The van der Waals surface area contributed by atoms with Crippen LogP contribution in [0.3, 0.4) is 0 Å². The number of carbonyl (C=O) groups is 2. The molecule has 0 spiro atoms. The zero-order valence-corrected chi connectivity index (χ0v) is 8.53. The van der Waals surface area contributed by atoms with Crippen LogP contribution in [0.4, 0.5) is 0 Å². The minimum Gasteiger partial charge on any atom is -0.484 e. The first-order valence-electron chi connectivity index (χ1n) is 4.57. The highest BCUT2D eigenvalue weighted by Crippen LogP contribution is 2.12. The van der Waals surface area contributed by atoms with E-state index in [9.17, 15) is 9.59 Å². The van der Waals surface area contributed by atoms with Gasteiger partial charge in [0.1, 0.15) is 11.5 Å². The zero-order valence-electron chi connectivity index (χ0n) is 8.53. The van der Waals surface area contributed by atoms with Gasteiger partial charge in [0.25, 0.3) is 5.91 Å². The van der Waals surface area contributed by atoms with Gasteiger partial charge in [0.05, 0.1) is 0 Å². The highest BCUT2D eigenvalue weighted by molar-refractivity contribution is 5.78. The second-order valence-electron chi connectivity index (χ2n) is 3.28. The van der Waals surface area contributed by atoms with Crippen molar-refractivity contribution in [1.82, 2.24) is 0 Å². The summed E-state index contributed by atoms with van der Waals surface area (Å²) in [7, 11) is 0. The van der Waals surface area contributed by atoms with Crippen LogP contribution in [-0.2, 0) is 16.0 Å². The Kier molecular flexibility index (Phi) is 3.85. The number of hydrogen-bond acceptors (Lipinski definition) is 3. The number of ketones is 1. The highest BCUT2D eigenvalue weighted by atomic mass is 16.5. The molecule has 2 N–H and O–H groups in total. The number of carbonyl (C=O) groups excluding carboxylic acids is 2. The third kappa shape index (κ3) is 4.26. The highest BCUT2D eigenvalue weighted by Gasteiger charge is 1.99. The van der Waals surface area contributed by atoms with Crippen LogP contribution < -0.4 is 10.5 Å². The topological polar surface area (TPSA) is 69.4 Å². The van der Waals surface area contributed by atoms with Crippen LogP contribution in [0.2, 0.25) is 0 Å². The van der Waals surface area contributed by atoms with Crippen molar-refractivity contribution in [1.29, 1.82) is 0 Å². The van der Waals surface area contributed by atoms with Gasteiger partial charge in [-0.25, -0.2) is 0 Å². The van der Waals surface area contributed by atoms with Crippen molar-refractivity contribution in [3.8, 4) is 5.75 Å². The predicted octanol–water partition coefficient (Wildman–Crippen LogP) is 0.682. The van der Waals surface area contributed by atoms with E-state index in [0.29, 0.717) is 12.2 Å². The molecule has 0 aliphatic rings. The maximum Gasteiger partial charge on any atom is 0.255 e. The third-order valence-electron chi connectivity index (χ3n) is 1.76. The Bertz CT molecular complexity index is 357. The van der Waals surface area contributed by atoms with Crippen molar-refractivity contribution >= 4 is 11.7 Å². The van der Waals surface area contributed by atoms with Gasteiger partial charge in [-0.15, -0.1) is 0 Å². The van der Waals surface area contributed by atoms with Gasteiger partial charge in [-0.3, -0.25) is 9.59 Å². The summed E-state index contributed by atoms with van der Waals surface area (Å²) < 4.78 is 5.07. The second kappa shape index (κ2) is 5.14. The van der Waals surface area contributed by atoms with Crippen molar-refractivity contribution in [3.63, 3.8) is 0 Å². The molecule has 0 bridgehead atoms. The molecule has 0 aromatic heterocycles. The predicted molar refractivity (Wildman–Crippen MR) is 55.5 cm³/mol. The summed E-state index contributed by atoms with van der Waals surface area (Å²) in [4.78, 5) is 21.3. The molecule has 1 aromatic rings. The summed E-state index contributed by atoms with van der Waals surface area (Å²) >= 11 is 0. The van der Waals surface area contributed by atoms with E-state index < -0.39 is 5.91 Å². The second-order valence-corrected chi connectivity index (χ2v) is 3.28. The average Bonchev–Trinajstić information content (AvgIpc) is 2.16. The molecule has 4 heteroatoms. The van der Waals surface area contributed by atoms with Crippen molar-refractivity contribution in [2.45, 2.75) is 13.3 Å². The number of nitrogens with two attached hydrogens (primary N) is 1. The number of hydrogen-bond donors (Lipinski definition) is 1. The van der Waals surface area contributed by atoms with Crippen LogP contribution in [0.1, 0.15) is 12.5 Å². The van der Waals surface area contributed by atoms with E-state index in [1.165, 1.54) is 6.92 Å². The number of rotatable bonds is 5. The fourth-order valence-corrected chi connectivity index (χ4v) is 1.15. The van der Waals surface area contributed by atoms with Gasteiger partial charge in [0, 0.05) is 6.42 Å². The average molecular weight is 207 g/mol. The molecule has 1 rings (SSSR count). The van der Waals surface area contributed by atoms with E-state index in [1.54, 1.807) is 24.3 Å². The van der Waals surface area contributed by atoms with Crippen molar-refractivity contribution in [2.75, 3.05) is 6.61 Å². The molecular formula is C11H13NO3. The smallest absolute Gasteiger partial charge is 0.255 e. The maximum atomic E-state index is 10.8. The lowest BCUT2D eigenvalue weighted by atomic mass is 10.1. The molecule has 0 atom stereocenters. The molecule has 0 aliphatic carbocycles. The Hall–Kier alpha value is -1.84. The van der Waals surface area contributed by atoms with Gasteiger partial charge >= 0.3 is 0 Å². The Morgan fingerprint density at radius 2 is 1.87 bits per heavy atom. The lowest BCUT2D eigenvalue weighted by molar-refractivity contribution is -0.120. The standard InChI is InChI=1S/C11H13NO3/c1-8(13)6-9-2-4-10(5-3-9)15-7-11(12)14/h2-5H,6-7H2,1H3,(H2,12,14). The first kappa shape index (κ1) is 11.2. The molecule has 0 heterocycles. The van der Waals surface area contributed by atoms with E-state index >= 15 is 0 Å². The number of amides is 1. The molecule has 15 heavy (non-hydrogen) atoms. The fourth-order valence-electron chi connectivity index (χ4n) is 1.15. The number of benzene rings is 1. The Morgan fingerprint density at radius 3 is 2.33 bits per heavy atom. The molecule has 4 nitrogen and oxygen atoms in total. The van der Waals surface area contributed by atoms with Gasteiger partial charge in [-0.1, -0.05) is 12.1 Å². The largest absolute Gasteiger partial charge is 0.484 e. The van der Waals surface area contributed by atoms with E-state index in [0.717, 1.165) is 5.56 Å². The third-order valence-corrected chi connectivity index (χ3v) is 1.76. The Labute approximate surface area is 88.0 Å². The summed E-state index contributed by atoms with van der Waals surface area (Å²) in [6.07, 6.45) is 0.413. The minimum absolute atomic E-state index is 0.112. The summed E-state index contributed by atoms with van der Waals surface area (Å²) in [6.45, 7) is 1.41.